The average Bonchev–Trinajstić information content (AvgIpc) is 2.70. The van der Waals surface area contributed by atoms with Crippen molar-refractivity contribution >= 4 is 40.7 Å². The molecule has 1 aromatic heterocycles. The molecule has 5 nitrogen and oxygen atoms in total. The fourth-order valence-corrected chi connectivity index (χ4v) is 3.12. The summed E-state index contributed by atoms with van der Waals surface area (Å²) in [5, 5.41) is 6.59. The van der Waals surface area contributed by atoms with E-state index < -0.39 is 0 Å². The van der Waals surface area contributed by atoms with Crippen molar-refractivity contribution in [2.75, 3.05) is 5.32 Å². The van der Waals surface area contributed by atoms with Gasteiger partial charge in [-0.05, 0) is 47.5 Å². The second-order valence-electron chi connectivity index (χ2n) is 6.04. The minimum Gasteiger partial charge on any atom is -0.352 e. The van der Waals surface area contributed by atoms with E-state index in [0.29, 0.717) is 33.4 Å². The zero-order valence-electron chi connectivity index (χ0n) is 14.8. The van der Waals surface area contributed by atoms with Crippen molar-refractivity contribution in [2.45, 2.75) is 13.0 Å². The summed E-state index contributed by atoms with van der Waals surface area (Å²) in [4.78, 5) is 28.4. The molecule has 0 aliphatic rings. The first kappa shape index (κ1) is 19.9. The Morgan fingerprint density at radius 3 is 2.32 bits per heavy atom. The summed E-state index contributed by atoms with van der Waals surface area (Å²) in [6.45, 7) is 0.319. The predicted octanol–water partition coefficient (Wildman–Crippen LogP) is 4.50. The molecule has 0 aliphatic carbocycles. The van der Waals surface area contributed by atoms with Gasteiger partial charge in [-0.3, -0.25) is 14.6 Å². The van der Waals surface area contributed by atoms with Crippen LogP contribution >= 0.6 is 23.2 Å². The molecule has 0 atom stereocenters. The van der Waals surface area contributed by atoms with Gasteiger partial charge in [0.2, 0.25) is 5.91 Å². The lowest BCUT2D eigenvalue weighted by molar-refractivity contribution is -0.120. The summed E-state index contributed by atoms with van der Waals surface area (Å²) in [6, 6.07) is 15.7. The van der Waals surface area contributed by atoms with E-state index in [9.17, 15) is 9.59 Å². The number of halogens is 2. The lowest BCUT2D eigenvalue weighted by atomic mass is 10.1. The molecule has 1 heterocycles. The van der Waals surface area contributed by atoms with Gasteiger partial charge in [0.15, 0.2) is 0 Å². The van der Waals surface area contributed by atoms with Crippen molar-refractivity contribution in [2.24, 2.45) is 0 Å². The summed E-state index contributed by atoms with van der Waals surface area (Å²) in [7, 11) is 0. The van der Waals surface area contributed by atoms with Crippen molar-refractivity contribution in [3.8, 4) is 0 Å². The largest absolute Gasteiger partial charge is 0.352 e. The Kier molecular flexibility index (Phi) is 6.63. The van der Waals surface area contributed by atoms with E-state index >= 15 is 0 Å². The van der Waals surface area contributed by atoms with Crippen molar-refractivity contribution in [3.05, 3.63) is 93.7 Å². The Morgan fingerprint density at radius 1 is 0.929 bits per heavy atom. The summed E-state index contributed by atoms with van der Waals surface area (Å²) in [6.07, 6.45) is 3.22. The van der Waals surface area contributed by atoms with Crippen LogP contribution < -0.4 is 10.6 Å². The van der Waals surface area contributed by atoms with E-state index in [1.54, 1.807) is 48.8 Å². The van der Waals surface area contributed by atoms with Crippen LogP contribution in [0.1, 0.15) is 21.5 Å². The number of carbonyl (C=O) groups is 2. The van der Waals surface area contributed by atoms with Crippen LogP contribution in [0.5, 0.6) is 0 Å². The van der Waals surface area contributed by atoms with Crippen LogP contribution in [0.15, 0.2) is 67.0 Å². The molecule has 3 aromatic rings. The number of pyridine rings is 1. The number of aromatic nitrogens is 1. The summed E-state index contributed by atoms with van der Waals surface area (Å²) >= 11 is 12.2. The quantitative estimate of drug-likeness (QED) is 0.624. The molecule has 0 saturated heterocycles. The molecule has 0 unspecified atom stereocenters. The van der Waals surface area contributed by atoms with E-state index in [0.717, 1.165) is 5.56 Å². The van der Waals surface area contributed by atoms with Crippen LogP contribution in [0.3, 0.4) is 0 Å². The summed E-state index contributed by atoms with van der Waals surface area (Å²) in [5.41, 5.74) is 2.61. The average molecular weight is 414 g/mol. The zero-order valence-corrected chi connectivity index (χ0v) is 16.3. The van der Waals surface area contributed by atoms with Gasteiger partial charge in [-0.25, -0.2) is 0 Å². The number of amides is 2. The normalized spacial score (nSPS) is 10.4. The van der Waals surface area contributed by atoms with Gasteiger partial charge in [0.05, 0.1) is 6.42 Å². The highest BCUT2D eigenvalue weighted by Crippen LogP contribution is 2.24. The van der Waals surface area contributed by atoms with Gasteiger partial charge in [-0.1, -0.05) is 41.4 Å². The number of hydrogen-bond acceptors (Lipinski definition) is 3. The zero-order chi connectivity index (χ0) is 19.9. The van der Waals surface area contributed by atoms with Gasteiger partial charge in [0.25, 0.3) is 5.91 Å². The standard InChI is InChI=1S/C21H17Cl2N3O2/c22-18-5-2-6-19(23)17(18)12-20(27)25-13-14-3-1-4-16(11-14)26-21(28)15-7-9-24-10-8-15/h1-11H,12-13H2,(H,25,27)(H,26,28). The maximum Gasteiger partial charge on any atom is 0.255 e. The third kappa shape index (κ3) is 5.31. The lowest BCUT2D eigenvalue weighted by Gasteiger charge is -2.10. The van der Waals surface area contributed by atoms with E-state index in [1.807, 2.05) is 18.2 Å². The molecule has 0 fully saturated rings. The molecule has 2 aromatic carbocycles. The highest BCUT2D eigenvalue weighted by molar-refractivity contribution is 6.36. The maximum absolute atomic E-state index is 12.2. The Labute approximate surface area is 172 Å². The van der Waals surface area contributed by atoms with Crippen molar-refractivity contribution in [3.63, 3.8) is 0 Å². The highest BCUT2D eigenvalue weighted by atomic mass is 35.5. The minimum atomic E-state index is -0.225. The maximum atomic E-state index is 12.2. The molecule has 3 rings (SSSR count). The number of anilines is 1. The Morgan fingerprint density at radius 2 is 1.61 bits per heavy atom. The van der Waals surface area contributed by atoms with Crippen LogP contribution in [0.4, 0.5) is 5.69 Å². The third-order valence-corrected chi connectivity index (χ3v) is 4.72. The Balaban J connectivity index is 1.59. The lowest BCUT2D eigenvalue weighted by Crippen LogP contribution is -2.24. The molecule has 0 aliphatic heterocycles. The van der Waals surface area contributed by atoms with Gasteiger partial charge in [0, 0.05) is 40.2 Å². The SMILES string of the molecule is O=C(Cc1c(Cl)cccc1Cl)NCc1cccc(NC(=O)c2ccncc2)c1. The fourth-order valence-electron chi connectivity index (χ4n) is 2.59. The predicted molar refractivity (Wildman–Crippen MR) is 111 cm³/mol. The second kappa shape index (κ2) is 9.35. The molecular formula is C21H17Cl2N3O2. The monoisotopic (exact) mass is 413 g/mol. The number of hydrogen-bond donors (Lipinski definition) is 2. The van der Waals surface area contributed by atoms with Crippen molar-refractivity contribution < 1.29 is 9.59 Å². The van der Waals surface area contributed by atoms with E-state index in [4.69, 9.17) is 23.2 Å². The first-order valence-corrected chi connectivity index (χ1v) is 9.28. The van der Waals surface area contributed by atoms with Gasteiger partial charge in [0.1, 0.15) is 0 Å². The number of benzene rings is 2. The van der Waals surface area contributed by atoms with Crippen molar-refractivity contribution in [1.29, 1.82) is 0 Å². The number of rotatable bonds is 6. The third-order valence-electron chi connectivity index (χ3n) is 4.02. The second-order valence-corrected chi connectivity index (χ2v) is 6.86. The van der Waals surface area contributed by atoms with Crippen LogP contribution in [-0.2, 0) is 17.8 Å². The number of nitrogens with zero attached hydrogens (tertiary/aromatic N) is 1. The van der Waals surface area contributed by atoms with Crippen LogP contribution in [0.2, 0.25) is 10.0 Å². The van der Waals surface area contributed by atoms with Crippen LogP contribution in [0, 0.1) is 0 Å². The van der Waals surface area contributed by atoms with E-state index in [2.05, 4.69) is 15.6 Å². The fraction of sp³-hybridized carbons (Fsp3) is 0.0952. The molecule has 2 amide bonds. The van der Waals surface area contributed by atoms with Crippen molar-refractivity contribution in [1.82, 2.24) is 10.3 Å². The van der Waals surface area contributed by atoms with Gasteiger partial charge in [-0.15, -0.1) is 0 Å². The highest BCUT2D eigenvalue weighted by Gasteiger charge is 2.11. The molecule has 0 bridgehead atoms. The van der Waals surface area contributed by atoms with Gasteiger partial charge < -0.3 is 10.6 Å². The Bertz CT molecular complexity index is 974. The van der Waals surface area contributed by atoms with E-state index in [1.165, 1.54) is 0 Å². The van der Waals surface area contributed by atoms with E-state index in [-0.39, 0.29) is 18.2 Å². The Hall–Kier alpha value is -2.89. The number of nitrogens with one attached hydrogen (secondary N) is 2. The molecule has 28 heavy (non-hydrogen) atoms. The molecule has 2 N–H and O–H groups in total. The van der Waals surface area contributed by atoms with Gasteiger partial charge >= 0.3 is 0 Å². The smallest absolute Gasteiger partial charge is 0.255 e. The molecule has 142 valence electrons. The number of carbonyl (C=O) groups excluding carboxylic acids is 2. The first-order chi connectivity index (χ1) is 13.5. The van der Waals surface area contributed by atoms with Gasteiger partial charge in [-0.2, -0.15) is 0 Å². The molecule has 0 saturated carbocycles. The molecule has 0 radical (unpaired) electrons. The molecular weight excluding hydrogens is 397 g/mol. The van der Waals surface area contributed by atoms with Crippen LogP contribution in [0.25, 0.3) is 0 Å². The molecule has 0 spiro atoms. The minimum absolute atomic E-state index is 0.0942. The molecule has 7 heteroatoms. The first-order valence-electron chi connectivity index (χ1n) is 8.53. The summed E-state index contributed by atoms with van der Waals surface area (Å²) < 4.78 is 0. The topological polar surface area (TPSA) is 71.1 Å². The summed E-state index contributed by atoms with van der Waals surface area (Å²) in [5.74, 6) is -0.418. The van der Waals surface area contributed by atoms with Crippen LogP contribution in [-0.4, -0.2) is 16.8 Å².